The van der Waals surface area contributed by atoms with Crippen LogP contribution in [0.4, 0.5) is 0 Å². The molecule has 0 bridgehead atoms. The van der Waals surface area contributed by atoms with Gasteiger partial charge < -0.3 is 9.30 Å². The largest absolute Gasteiger partial charge is 0.497 e. The first-order valence-electron chi connectivity index (χ1n) is 10.5. The molecule has 4 rings (SSSR count). The van der Waals surface area contributed by atoms with E-state index in [0.717, 1.165) is 37.4 Å². The number of aryl methyl sites for hydroxylation is 2. The van der Waals surface area contributed by atoms with E-state index in [-0.39, 0.29) is 11.6 Å². The highest BCUT2D eigenvalue weighted by Gasteiger charge is 2.29. The van der Waals surface area contributed by atoms with Crippen molar-refractivity contribution < 1.29 is 13.2 Å². The number of thiophene rings is 1. The fourth-order valence-electron chi connectivity index (χ4n) is 4.34. The summed E-state index contributed by atoms with van der Waals surface area (Å²) < 4.78 is 33.3. The first kappa shape index (κ1) is 23.0. The number of ether oxygens (including phenoxy) is 1. The minimum absolute atomic E-state index is 0.00708. The van der Waals surface area contributed by atoms with Crippen molar-refractivity contribution in [1.29, 1.82) is 0 Å². The predicted molar refractivity (Wildman–Crippen MR) is 130 cm³/mol. The molecule has 7 nitrogen and oxygen atoms in total. The Morgan fingerprint density at radius 2 is 1.94 bits per heavy atom. The maximum absolute atomic E-state index is 12.9. The summed E-state index contributed by atoms with van der Waals surface area (Å²) in [6, 6.07) is 8.09. The Hall–Kier alpha value is -2.20. The van der Waals surface area contributed by atoms with E-state index < -0.39 is 10.0 Å². The predicted octanol–water partition coefficient (Wildman–Crippen LogP) is 3.05. The van der Waals surface area contributed by atoms with Gasteiger partial charge in [0.25, 0.3) is 5.56 Å². The monoisotopic (exact) mass is 475 g/mol. The molecule has 1 aromatic carbocycles. The van der Waals surface area contributed by atoms with Gasteiger partial charge in [0, 0.05) is 60.6 Å². The molecule has 1 atom stereocenters. The van der Waals surface area contributed by atoms with E-state index in [1.54, 1.807) is 34.4 Å². The van der Waals surface area contributed by atoms with Gasteiger partial charge in [-0.3, -0.25) is 9.69 Å². The molecule has 0 N–H and O–H groups in total. The van der Waals surface area contributed by atoms with Gasteiger partial charge in [-0.2, -0.15) is 4.31 Å². The molecule has 0 saturated carbocycles. The topological polar surface area (TPSA) is 71.8 Å². The molecule has 0 radical (unpaired) electrons. The van der Waals surface area contributed by atoms with E-state index in [4.69, 9.17) is 4.74 Å². The van der Waals surface area contributed by atoms with Crippen molar-refractivity contribution in [3.8, 4) is 16.9 Å². The lowest BCUT2D eigenvalue weighted by atomic mass is 10.0. The Bertz CT molecular complexity index is 1330. The normalized spacial score (nSPS) is 18.3. The fraction of sp³-hybridized carbons (Fsp3) is 0.435. The zero-order chi connectivity index (χ0) is 23.2. The van der Waals surface area contributed by atoms with E-state index >= 15 is 0 Å². The number of sulfonamides is 1. The second kappa shape index (κ2) is 8.62. The number of aromatic nitrogens is 1. The summed E-state index contributed by atoms with van der Waals surface area (Å²) in [4.78, 5) is 16.3. The number of benzene rings is 1. The molecule has 2 aromatic heterocycles. The van der Waals surface area contributed by atoms with Crippen LogP contribution in [-0.4, -0.2) is 61.2 Å². The number of hydrogen-bond donors (Lipinski definition) is 0. The van der Waals surface area contributed by atoms with Crippen LogP contribution in [0, 0.1) is 6.92 Å². The van der Waals surface area contributed by atoms with E-state index in [2.05, 4.69) is 11.8 Å². The first-order chi connectivity index (χ1) is 15.1. The third kappa shape index (κ3) is 4.34. The van der Waals surface area contributed by atoms with Crippen molar-refractivity contribution in [3.05, 3.63) is 51.3 Å². The van der Waals surface area contributed by atoms with Crippen LogP contribution in [-0.2, 0) is 23.6 Å². The number of hydrogen-bond acceptors (Lipinski definition) is 6. The highest BCUT2D eigenvalue weighted by Crippen LogP contribution is 2.36. The van der Waals surface area contributed by atoms with E-state index in [0.29, 0.717) is 26.2 Å². The van der Waals surface area contributed by atoms with Crippen molar-refractivity contribution >= 4 is 31.4 Å². The smallest absolute Gasteiger partial charge is 0.259 e. The Morgan fingerprint density at radius 1 is 1.19 bits per heavy atom. The average Bonchev–Trinajstić information content (AvgIpc) is 3.15. The Labute approximate surface area is 192 Å². The van der Waals surface area contributed by atoms with Gasteiger partial charge in [0.2, 0.25) is 10.0 Å². The first-order valence-corrected chi connectivity index (χ1v) is 13.2. The van der Waals surface area contributed by atoms with E-state index in [1.165, 1.54) is 6.26 Å². The maximum Gasteiger partial charge on any atom is 0.259 e. The molecule has 1 saturated heterocycles. The van der Waals surface area contributed by atoms with Gasteiger partial charge in [0.05, 0.1) is 18.8 Å². The van der Waals surface area contributed by atoms with Gasteiger partial charge in [0.15, 0.2) is 0 Å². The maximum atomic E-state index is 12.9. The van der Waals surface area contributed by atoms with Crippen LogP contribution >= 0.6 is 11.3 Å². The molecule has 1 fully saturated rings. The number of fused-ring (bicyclic) bond motifs is 1. The number of nitrogens with zero attached hydrogens (tertiary/aromatic N) is 3. The minimum Gasteiger partial charge on any atom is -0.497 e. The SMILES string of the molecule is COc1ccc(-c2cn(C)c(=O)c3cc(CN4CCN(S(C)(=O)=O)CC4C)sc23)c(C)c1. The Morgan fingerprint density at radius 3 is 2.56 bits per heavy atom. The van der Waals surface area contributed by atoms with Gasteiger partial charge >= 0.3 is 0 Å². The fourth-order valence-corrected chi connectivity index (χ4v) is 6.43. The second-order valence-electron chi connectivity index (χ2n) is 8.54. The minimum atomic E-state index is -3.18. The molecule has 9 heteroatoms. The van der Waals surface area contributed by atoms with Gasteiger partial charge in [-0.05, 0) is 43.2 Å². The molecule has 1 aliphatic rings. The van der Waals surface area contributed by atoms with Crippen LogP contribution in [0.1, 0.15) is 17.4 Å². The van der Waals surface area contributed by atoms with E-state index in [9.17, 15) is 13.2 Å². The van der Waals surface area contributed by atoms with Crippen LogP contribution in [0.25, 0.3) is 21.2 Å². The number of rotatable bonds is 5. The lowest BCUT2D eigenvalue weighted by Gasteiger charge is -2.38. The van der Waals surface area contributed by atoms with Gasteiger partial charge in [-0.25, -0.2) is 8.42 Å². The summed E-state index contributed by atoms with van der Waals surface area (Å²) in [6.07, 6.45) is 3.17. The quantitative estimate of drug-likeness (QED) is 0.567. The number of pyridine rings is 1. The molecule has 0 amide bonds. The van der Waals surface area contributed by atoms with Crippen LogP contribution < -0.4 is 10.3 Å². The Balaban J connectivity index is 1.70. The molecular weight excluding hydrogens is 446 g/mol. The molecule has 1 aliphatic heterocycles. The van der Waals surface area contributed by atoms with E-state index in [1.807, 2.05) is 37.4 Å². The Kier molecular flexibility index (Phi) is 6.19. The number of piperazine rings is 1. The second-order valence-corrected chi connectivity index (χ2v) is 11.7. The van der Waals surface area contributed by atoms with Crippen LogP contribution in [0.15, 0.2) is 35.3 Å². The molecule has 172 valence electrons. The lowest BCUT2D eigenvalue weighted by molar-refractivity contribution is 0.123. The van der Waals surface area contributed by atoms with Crippen LogP contribution in [0.3, 0.4) is 0 Å². The van der Waals surface area contributed by atoms with Crippen molar-refractivity contribution in [3.63, 3.8) is 0 Å². The zero-order valence-electron chi connectivity index (χ0n) is 19.1. The van der Waals surface area contributed by atoms with Crippen molar-refractivity contribution in [1.82, 2.24) is 13.8 Å². The highest BCUT2D eigenvalue weighted by atomic mass is 32.2. The molecule has 32 heavy (non-hydrogen) atoms. The molecule has 1 unspecified atom stereocenters. The van der Waals surface area contributed by atoms with Crippen LogP contribution in [0.2, 0.25) is 0 Å². The summed E-state index contributed by atoms with van der Waals surface area (Å²) in [5.41, 5.74) is 3.19. The molecule has 3 heterocycles. The van der Waals surface area contributed by atoms with Crippen LogP contribution in [0.5, 0.6) is 5.75 Å². The van der Waals surface area contributed by atoms with Crippen molar-refractivity contribution in [2.75, 3.05) is 33.0 Å². The average molecular weight is 476 g/mol. The summed E-state index contributed by atoms with van der Waals surface area (Å²) in [7, 11) is 0.264. The summed E-state index contributed by atoms with van der Waals surface area (Å²) in [5.74, 6) is 0.807. The molecule has 0 aliphatic carbocycles. The summed E-state index contributed by atoms with van der Waals surface area (Å²) >= 11 is 1.64. The van der Waals surface area contributed by atoms with Gasteiger partial charge in [0.1, 0.15) is 5.75 Å². The van der Waals surface area contributed by atoms with Gasteiger partial charge in [-0.1, -0.05) is 6.07 Å². The highest BCUT2D eigenvalue weighted by molar-refractivity contribution is 7.88. The molecule has 3 aromatic rings. The lowest BCUT2D eigenvalue weighted by Crippen LogP contribution is -2.52. The standard InChI is InChI=1S/C23H29N3O4S2/c1-15-10-17(30-4)6-7-19(15)21-14-24(3)23(27)20-11-18(31-22(20)21)13-25-8-9-26(12-16(25)2)32(5,28)29/h6-7,10-11,14,16H,8-9,12-13H2,1-5H3. The molecule has 0 spiro atoms. The summed E-state index contributed by atoms with van der Waals surface area (Å²) in [5, 5.41) is 0.725. The zero-order valence-corrected chi connectivity index (χ0v) is 20.7. The number of methoxy groups -OCH3 is 1. The van der Waals surface area contributed by atoms with Gasteiger partial charge in [-0.15, -0.1) is 11.3 Å². The van der Waals surface area contributed by atoms with Crippen molar-refractivity contribution in [2.45, 2.75) is 26.4 Å². The molecular formula is C23H29N3O4S2. The van der Waals surface area contributed by atoms with Crippen molar-refractivity contribution in [2.24, 2.45) is 7.05 Å². The summed E-state index contributed by atoms with van der Waals surface area (Å²) in [6.45, 7) is 6.45. The third-order valence-electron chi connectivity index (χ3n) is 6.18. The third-order valence-corrected chi connectivity index (χ3v) is 8.60.